The van der Waals surface area contributed by atoms with Gasteiger partial charge in [-0.05, 0) is 18.8 Å². The Labute approximate surface area is 144 Å². The van der Waals surface area contributed by atoms with E-state index < -0.39 is 24.5 Å². The van der Waals surface area contributed by atoms with Crippen molar-refractivity contribution < 1.29 is 24.8 Å². The smallest absolute Gasteiger partial charge is 0.245 e. The van der Waals surface area contributed by atoms with Crippen LogP contribution < -0.4 is 4.74 Å². The molecular formula is C16H22N4O5. The molecule has 2 fully saturated rings. The predicted octanol–water partition coefficient (Wildman–Crippen LogP) is 0.00680. The first kappa shape index (κ1) is 16.6. The highest BCUT2D eigenvalue weighted by atomic mass is 16.6. The summed E-state index contributed by atoms with van der Waals surface area (Å²) in [5, 5.41) is 29.4. The summed E-state index contributed by atoms with van der Waals surface area (Å²) in [6.45, 7) is 0.221. The van der Waals surface area contributed by atoms with E-state index in [1.165, 1.54) is 42.9 Å². The van der Waals surface area contributed by atoms with Crippen LogP contribution in [-0.2, 0) is 4.74 Å². The number of aromatic nitrogens is 4. The van der Waals surface area contributed by atoms with Gasteiger partial charge in [0, 0.05) is 0 Å². The summed E-state index contributed by atoms with van der Waals surface area (Å²) in [6.07, 6.45) is 3.59. The molecule has 0 amide bonds. The molecule has 2 aromatic rings. The Morgan fingerprint density at radius 3 is 2.68 bits per heavy atom. The number of ether oxygens (including phenoxy) is 2. The number of imidazole rings is 1. The van der Waals surface area contributed by atoms with Crippen LogP contribution in [0.15, 0.2) is 12.7 Å². The van der Waals surface area contributed by atoms with Crippen LogP contribution in [0.4, 0.5) is 0 Å². The molecule has 0 bridgehead atoms. The average molecular weight is 350 g/mol. The van der Waals surface area contributed by atoms with Crippen molar-refractivity contribution in [3.05, 3.63) is 12.7 Å². The second-order valence-electron chi connectivity index (χ2n) is 6.69. The van der Waals surface area contributed by atoms with Crippen molar-refractivity contribution in [2.75, 3.05) is 13.2 Å². The van der Waals surface area contributed by atoms with Gasteiger partial charge >= 0.3 is 0 Å². The minimum atomic E-state index is -1.19. The Morgan fingerprint density at radius 1 is 1.16 bits per heavy atom. The normalized spacial score (nSPS) is 30.4. The van der Waals surface area contributed by atoms with Crippen LogP contribution >= 0.6 is 0 Å². The highest BCUT2D eigenvalue weighted by molar-refractivity contribution is 5.76. The third kappa shape index (κ3) is 2.97. The van der Waals surface area contributed by atoms with Crippen LogP contribution in [0.2, 0.25) is 0 Å². The quantitative estimate of drug-likeness (QED) is 0.689. The van der Waals surface area contributed by atoms with E-state index in [-0.39, 0.29) is 6.61 Å². The molecule has 1 aliphatic heterocycles. The van der Waals surface area contributed by atoms with Crippen molar-refractivity contribution in [1.29, 1.82) is 0 Å². The van der Waals surface area contributed by atoms with Gasteiger partial charge in [0.05, 0.1) is 19.5 Å². The van der Waals surface area contributed by atoms with E-state index in [0.29, 0.717) is 29.6 Å². The molecule has 0 aromatic carbocycles. The van der Waals surface area contributed by atoms with Gasteiger partial charge < -0.3 is 24.8 Å². The second-order valence-corrected chi connectivity index (χ2v) is 6.69. The maximum atomic E-state index is 10.2. The Kier molecular flexibility index (Phi) is 4.55. The van der Waals surface area contributed by atoms with Gasteiger partial charge in [-0.2, -0.15) is 4.98 Å². The van der Waals surface area contributed by atoms with Crippen LogP contribution in [0.1, 0.15) is 31.9 Å². The predicted molar refractivity (Wildman–Crippen MR) is 85.8 cm³/mol. The monoisotopic (exact) mass is 350 g/mol. The van der Waals surface area contributed by atoms with E-state index in [2.05, 4.69) is 15.0 Å². The number of fused-ring (bicyclic) bond motifs is 1. The van der Waals surface area contributed by atoms with Gasteiger partial charge in [0.15, 0.2) is 17.4 Å². The molecule has 1 saturated heterocycles. The minimum absolute atomic E-state index is 0.383. The largest absolute Gasteiger partial charge is 0.476 e. The molecule has 2 aliphatic rings. The van der Waals surface area contributed by atoms with Crippen LogP contribution in [0.25, 0.3) is 11.2 Å². The first-order chi connectivity index (χ1) is 12.2. The van der Waals surface area contributed by atoms with Gasteiger partial charge in [-0.3, -0.25) is 4.57 Å². The molecule has 3 heterocycles. The molecule has 2 unspecified atom stereocenters. The minimum Gasteiger partial charge on any atom is -0.476 e. The number of aliphatic hydroxyl groups is 3. The van der Waals surface area contributed by atoms with Gasteiger partial charge in [0.2, 0.25) is 5.88 Å². The van der Waals surface area contributed by atoms with Crippen LogP contribution in [0.3, 0.4) is 0 Å². The fourth-order valence-electron chi connectivity index (χ4n) is 3.61. The zero-order chi connectivity index (χ0) is 17.4. The van der Waals surface area contributed by atoms with Gasteiger partial charge in [0.1, 0.15) is 24.6 Å². The van der Waals surface area contributed by atoms with Gasteiger partial charge in [-0.25, -0.2) is 9.97 Å². The second kappa shape index (κ2) is 6.83. The molecule has 0 radical (unpaired) electrons. The first-order valence-corrected chi connectivity index (χ1v) is 8.62. The summed E-state index contributed by atoms with van der Waals surface area (Å²) < 4.78 is 12.9. The Bertz CT molecular complexity index is 732. The molecule has 2 aromatic heterocycles. The van der Waals surface area contributed by atoms with Crippen molar-refractivity contribution in [1.82, 2.24) is 19.5 Å². The lowest BCUT2D eigenvalue weighted by Gasteiger charge is -2.16. The third-order valence-electron chi connectivity index (χ3n) is 5.05. The zero-order valence-corrected chi connectivity index (χ0v) is 13.7. The standard InChI is InChI=1S/C16H22N4O5/c21-5-10-12(22)13(23)16(25-10)20-8-19-11-14(20)17-7-18-15(11)24-6-9-3-1-2-4-9/h7-10,12-13,16,21-23H,1-6H2/t10-,12?,13?,16-/m1/s1. The lowest BCUT2D eigenvalue weighted by atomic mass is 10.1. The van der Waals surface area contributed by atoms with Crippen LogP contribution in [-0.4, -0.2) is 66.4 Å². The molecule has 25 heavy (non-hydrogen) atoms. The van der Waals surface area contributed by atoms with Crippen molar-refractivity contribution in [3.63, 3.8) is 0 Å². The summed E-state index contributed by atoms with van der Waals surface area (Å²) in [7, 11) is 0. The summed E-state index contributed by atoms with van der Waals surface area (Å²) >= 11 is 0. The number of hydrogen-bond acceptors (Lipinski definition) is 8. The van der Waals surface area contributed by atoms with Crippen LogP contribution in [0, 0.1) is 5.92 Å². The molecular weight excluding hydrogens is 328 g/mol. The summed E-state index contributed by atoms with van der Waals surface area (Å²) in [5.74, 6) is 0.954. The van der Waals surface area contributed by atoms with E-state index in [9.17, 15) is 15.3 Å². The molecule has 3 N–H and O–H groups in total. The van der Waals surface area contributed by atoms with Gasteiger partial charge in [-0.15, -0.1) is 0 Å². The van der Waals surface area contributed by atoms with Crippen molar-refractivity contribution in [2.24, 2.45) is 5.92 Å². The fourth-order valence-corrected chi connectivity index (χ4v) is 3.61. The molecule has 0 spiro atoms. The van der Waals surface area contributed by atoms with Crippen molar-refractivity contribution >= 4 is 11.2 Å². The fraction of sp³-hybridized carbons (Fsp3) is 0.688. The van der Waals surface area contributed by atoms with E-state index in [1.54, 1.807) is 0 Å². The molecule has 4 rings (SSSR count). The average Bonchev–Trinajstić information content (AvgIpc) is 3.34. The molecule has 4 atom stereocenters. The summed E-state index contributed by atoms with van der Waals surface area (Å²) in [4.78, 5) is 12.7. The molecule has 136 valence electrons. The summed E-state index contributed by atoms with van der Waals surface area (Å²) in [5.41, 5.74) is 0.935. The lowest BCUT2D eigenvalue weighted by Crippen LogP contribution is -2.33. The topological polar surface area (TPSA) is 123 Å². The van der Waals surface area contributed by atoms with Crippen molar-refractivity contribution in [3.8, 4) is 5.88 Å². The molecule has 1 aliphatic carbocycles. The molecule has 9 heteroatoms. The van der Waals surface area contributed by atoms with E-state index in [0.717, 1.165) is 0 Å². The maximum Gasteiger partial charge on any atom is 0.245 e. The summed E-state index contributed by atoms with van der Waals surface area (Å²) in [6, 6.07) is 0. The van der Waals surface area contributed by atoms with E-state index in [4.69, 9.17) is 9.47 Å². The van der Waals surface area contributed by atoms with Gasteiger partial charge in [0.25, 0.3) is 0 Å². The number of hydrogen-bond donors (Lipinski definition) is 3. The first-order valence-electron chi connectivity index (χ1n) is 8.62. The molecule has 1 saturated carbocycles. The van der Waals surface area contributed by atoms with E-state index in [1.807, 2.05) is 0 Å². The lowest BCUT2D eigenvalue weighted by molar-refractivity contribution is -0.0511. The number of nitrogens with zero attached hydrogens (tertiary/aromatic N) is 4. The van der Waals surface area contributed by atoms with E-state index >= 15 is 0 Å². The highest BCUT2D eigenvalue weighted by Crippen LogP contribution is 2.33. The molecule has 9 nitrogen and oxygen atoms in total. The number of aliphatic hydroxyl groups excluding tert-OH is 3. The Hall–Kier alpha value is -1.81. The van der Waals surface area contributed by atoms with Gasteiger partial charge in [-0.1, -0.05) is 12.8 Å². The third-order valence-corrected chi connectivity index (χ3v) is 5.05. The zero-order valence-electron chi connectivity index (χ0n) is 13.7. The number of rotatable bonds is 5. The Morgan fingerprint density at radius 2 is 1.96 bits per heavy atom. The van der Waals surface area contributed by atoms with Crippen LogP contribution in [0.5, 0.6) is 5.88 Å². The highest BCUT2D eigenvalue weighted by Gasteiger charge is 2.44. The van der Waals surface area contributed by atoms with Crippen molar-refractivity contribution in [2.45, 2.75) is 50.2 Å². The Balaban J connectivity index is 1.58. The maximum absolute atomic E-state index is 10.2. The SMILES string of the molecule is OC[C@H]1O[C@@H](n2cnc3c(OCC4CCCC4)ncnc32)C(O)C1O.